The highest BCUT2D eigenvalue weighted by molar-refractivity contribution is 5.54. The fourth-order valence-corrected chi connectivity index (χ4v) is 2.45. The van der Waals surface area contributed by atoms with E-state index in [4.69, 9.17) is 4.98 Å². The summed E-state index contributed by atoms with van der Waals surface area (Å²) >= 11 is 0. The highest BCUT2D eigenvalue weighted by Gasteiger charge is 2.21. The van der Waals surface area contributed by atoms with E-state index in [9.17, 15) is 0 Å². The fourth-order valence-electron chi connectivity index (χ4n) is 2.45. The fraction of sp³-hybridized carbons (Fsp3) is 0.429. The number of nitrogens with one attached hydrogen (secondary N) is 2. The van der Waals surface area contributed by atoms with Gasteiger partial charge >= 0.3 is 0 Å². The number of rotatable bonds is 2. The van der Waals surface area contributed by atoms with Crippen molar-refractivity contribution in [2.75, 3.05) is 26.7 Å². The second kappa shape index (κ2) is 5.11. The van der Waals surface area contributed by atoms with Crippen LogP contribution in [0.2, 0.25) is 0 Å². The van der Waals surface area contributed by atoms with Crippen LogP contribution in [-0.4, -0.2) is 46.5 Å². The largest absolute Gasteiger partial charge is 0.360 e. The van der Waals surface area contributed by atoms with Gasteiger partial charge in [-0.2, -0.15) is 0 Å². The summed E-state index contributed by atoms with van der Waals surface area (Å²) in [5.41, 5.74) is 3.00. The van der Waals surface area contributed by atoms with Crippen LogP contribution in [0, 0.1) is 6.92 Å². The molecule has 0 radical (unpaired) electrons. The zero-order valence-electron chi connectivity index (χ0n) is 11.3. The first-order chi connectivity index (χ1) is 9.22. The summed E-state index contributed by atoms with van der Waals surface area (Å²) in [7, 11) is 2.13. The molecule has 3 heterocycles. The summed E-state index contributed by atoms with van der Waals surface area (Å²) in [5, 5.41) is 3.49. The van der Waals surface area contributed by atoms with Gasteiger partial charge in [0, 0.05) is 31.5 Å². The van der Waals surface area contributed by atoms with E-state index in [1.165, 1.54) is 0 Å². The molecule has 1 unspecified atom stereocenters. The number of hydrogen-bond acceptors (Lipinski definition) is 4. The van der Waals surface area contributed by atoms with E-state index in [1.807, 2.05) is 31.3 Å². The Morgan fingerprint density at radius 1 is 1.37 bits per heavy atom. The van der Waals surface area contributed by atoms with Gasteiger partial charge in [-0.15, -0.1) is 0 Å². The van der Waals surface area contributed by atoms with Gasteiger partial charge in [0.15, 0.2) is 0 Å². The lowest BCUT2D eigenvalue weighted by molar-refractivity contribution is 0.235. The topological polar surface area (TPSA) is 56.8 Å². The maximum atomic E-state index is 4.70. The van der Waals surface area contributed by atoms with Crippen LogP contribution in [0.1, 0.15) is 17.6 Å². The molecule has 0 spiro atoms. The maximum absolute atomic E-state index is 4.70. The molecular formula is C14H19N5. The number of likely N-dealkylation sites (N-methyl/N-ethyl adjacent to an activating group) is 1. The Labute approximate surface area is 113 Å². The van der Waals surface area contributed by atoms with Crippen molar-refractivity contribution in [2.45, 2.75) is 13.0 Å². The van der Waals surface area contributed by atoms with Crippen LogP contribution >= 0.6 is 0 Å². The van der Waals surface area contributed by atoms with Crippen molar-refractivity contribution in [1.29, 1.82) is 0 Å². The minimum atomic E-state index is 0.215. The molecule has 2 N–H and O–H groups in total. The smallest absolute Gasteiger partial charge is 0.147 e. The average Bonchev–Trinajstić information content (AvgIpc) is 2.92. The van der Waals surface area contributed by atoms with Crippen LogP contribution in [0.4, 0.5) is 0 Å². The van der Waals surface area contributed by atoms with Crippen molar-refractivity contribution in [3.05, 3.63) is 35.9 Å². The molecule has 5 heteroatoms. The van der Waals surface area contributed by atoms with E-state index in [-0.39, 0.29) is 6.04 Å². The standard InChI is InChI=1S/C14H19N5/c1-10-8-12(11-4-3-5-15-11)18-14(17-10)13-9-19(2)7-6-16-13/h3-5,8,13,15-16H,6-7,9H2,1-2H3. The first-order valence-electron chi connectivity index (χ1n) is 6.63. The summed E-state index contributed by atoms with van der Waals surface area (Å²) < 4.78 is 0. The monoisotopic (exact) mass is 257 g/mol. The molecule has 0 bridgehead atoms. The molecule has 0 amide bonds. The van der Waals surface area contributed by atoms with Gasteiger partial charge in [-0.25, -0.2) is 9.97 Å². The third-order valence-corrected chi connectivity index (χ3v) is 3.44. The van der Waals surface area contributed by atoms with Crippen LogP contribution in [0.25, 0.3) is 11.4 Å². The third kappa shape index (κ3) is 2.67. The van der Waals surface area contributed by atoms with Crippen molar-refractivity contribution in [2.24, 2.45) is 0 Å². The summed E-state index contributed by atoms with van der Waals surface area (Å²) in [6, 6.07) is 6.25. The van der Waals surface area contributed by atoms with Crippen molar-refractivity contribution in [3.8, 4) is 11.4 Å². The zero-order valence-corrected chi connectivity index (χ0v) is 11.3. The summed E-state index contributed by atoms with van der Waals surface area (Å²) in [6.45, 7) is 5.03. The highest BCUT2D eigenvalue weighted by Crippen LogP contribution is 2.19. The summed E-state index contributed by atoms with van der Waals surface area (Å²) in [5.74, 6) is 0.885. The highest BCUT2D eigenvalue weighted by atomic mass is 15.2. The van der Waals surface area contributed by atoms with E-state index in [0.717, 1.165) is 42.5 Å². The Balaban J connectivity index is 1.93. The molecule has 1 atom stereocenters. The first-order valence-corrected chi connectivity index (χ1v) is 6.63. The van der Waals surface area contributed by atoms with E-state index >= 15 is 0 Å². The first kappa shape index (κ1) is 12.3. The molecular weight excluding hydrogens is 238 g/mol. The quantitative estimate of drug-likeness (QED) is 0.853. The van der Waals surface area contributed by atoms with Crippen molar-refractivity contribution < 1.29 is 0 Å². The Hall–Kier alpha value is -1.72. The average molecular weight is 257 g/mol. The van der Waals surface area contributed by atoms with Gasteiger partial charge in [-0.3, -0.25) is 0 Å². The maximum Gasteiger partial charge on any atom is 0.147 e. The SMILES string of the molecule is Cc1cc(-c2ccc[nH]2)nc(C2CN(C)CCN2)n1. The minimum Gasteiger partial charge on any atom is -0.360 e. The van der Waals surface area contributed by atoms with E-state index in [0.29, 0.717) is 0 Å². The van der Waals surface area contributed by atoms with Crippen LogP contribution < -0.4 is 5.32 Å². The van der Waals surface area contributed by atoms with E-state index in [2.05, 4.69) is 27.2 Å². The second-order valence-electron chi connectivity index (χ2n) is 5.11. The van der Waals surface area contributed by atoms with E-state index in [1.54, 1.807) is 0 Å². The number of aromatic amines is 1. The lowest BCUT2D eigenvalue weighted by Crippen LogP contribution is -2.44. The molecule has 0 saturated carbocycles. The summed E-state index contributed by atoms with van der Waals surface area (Å²) in [6.07, 6.45) is 1.92. The molecule has 0 aromatic carbocycles. The third-order valence-electron chi connectivity index (χ3n) is 3.44. The molecule has 5 nitrogen and oxygen atoms in total. The van der Waals surface area contributed by atoms with Crippen LogP contribution in [0.15, 0.2) is 24.4 Å². The van der Waals surface area contributed by atoms with Crippen LogP contribution in [-0.2, 0) is 0 Å². The molecule has 19 heavy (non-hydrogen) atoms. The van der Waals surface area contributed by atoms with Gasteiger partial charge in [0.2, 0.25) is 0 Å². The number of hydrogen-bond donors (Lipinski definition) is 2. The normalized spacial score (nSPS) is 20.6. The van der Waals surface area contributed by atoms with Gasteiger partial charge in [0.05, 0.1) is 17.4 Å². The number of aryl methyl sites for hydroxylation is 1. The number of piperazine rings is 1. The predicted octanol–water partition coefficient (Wildman–Crippen LogP) is 1.36. The van der Waals surface area contributed by atoms with Gasteiger partial charge < -0.3 is 15.2 Å². The lowest BCUT2D eigenvalue weighted by atomic mass is 10.2. The van der Waals surface area contributed by atoms with Gasteiger partial charge in [0.1, 0.15) is 5.82 Å². The molecule has 0 aliphatic carbocycles. The van der Waals surface area contributed by atoms with Gasteiger partial charge in [-0.1, -0.05) is 0 Å². The zero-order chi connectivity index (χ0) is 13.2. The van der Waals surface area contributed by atoms with Crippen molar-refractivity contribution in [1.82, 2.24) is 25.2 Å². The van der Waals surface area contributed by atoms with Crippen LogP contribution in [0.5, 0.6) is 0 Å². The number of aromatic nitrogens is 3. The second-order valence-corrected chi connectivity index (χ2v) is 5.11. The summed E-state index contributed by atoms with van der Waals surface area (Å²) in [4.78, 5) is 14.8. The number of nitrogens with zero attached hydrogens (tertiary/aromatic N) is 3. The predicted molar refractivity (Wildman–Crippen MR) is 74.8 cm³/mol. The van der Waals surface area contributed by atoms with E-state index < -0.39 is 0 Å². The lowest BCUT2D eigenvalue weighted by Gasteiger charge is -2.30. The molecule has 2 aromatic rings. The molecule has 2 aromatic heterocycles. The molecule has 100 valence electrons. The Kier molecular flexibility index (Phi) is 3.31. The minimum absolute atomic E-state index is 0.215. The molecule has 1 saturated heterocycles. The van der Waals surface area contributed by atoms with Crippen LogP contribution in [0.3, 0.4) is 0 Å². The molecule has 1 aliphatic heterocycles. The van der Waals surface area contributed by atoms with Gasteiger partial charge in [0.25, 0.3) is 0 Å². The molecule has 1 fully saturated rings. The van der Waals surface area contributed by atoms with Crippen molar-refractivity contribution >= 4 is 0 Å². The Morgan fingerprint density at radius 3 is 3.00 bits per heavy atom. The Morgan fingerprint density at radius 2 is 2.26 bits per heavy atom. The molecule has 3 rings (SSSR count). The number of H-pyrrole nitrogens is 1. The Bertz CT molecular complexity index is 549. The van der Waals surface area contributed by atoms with Crippen molar-refractivity contribution in [3.63, 3.8) is 0 Å². The van der Waals surface area contributed by atoms with Gasteiger partial charge in [-0.05, 0) is 32.2 Å². The molecule has 1 aliphatic rings.